The number of rotatable bonds is 2. The molecule has 1 unspecified atom stereocenters. The average Bonchev–Trinajstić information content (AvgIpc) is 2.92. The van der Waals surface area contributed by atoms with Crippen molar-refractivity contribution in [2.45, 2.75) is 39.2 Å². The van der Waals surface area contributed by atoms with Gasteiger partial charge in [-0.2, -0.15) is 0 Å². The van der Waals surface area contributed by atoms with Crippen LogP contribution in [0, 0.1) is 13.8 Å². The van der Waals surface area contributed by atoms with Crippen LogP contribution in [-0.4, -0.2) is 16.9 Å². The summed E-state index contributed by atoms with van der Waals surface area (Å²) >= 11 is 0. The van der Waals surface area contributed by atoms with Crippen LogP contribution >= 0.6 is 0 Å². The van der Waals surface area contributed by atoms with Crippen molar-refractivity contribution in [1.29, 1.82) is 0 Å². The van der Waals surface area contributed by atoms with Gasteiger partial charge in [-0.25, -0.2) is 0 Å². The van der Waals surface area contributed by atoms with Crippen molar-refractivity contribution in [3.05, 3.63) is 70.4 Å². The first-order valence-electron chi connectivity index (χ1n) is 8.58. The summed E-state index contributed by atoms with van der Waals surface area (Å²) in [7, 11) is 0. The molecule has 122 valence electrons. The van der Waals surface area contributed by atoms with E-state index in [1.54, 1.807) is 0 Å². The van der Waals surface area contributed by atoms with Crippen LogP contribution in [0.25, 0.3) is 10.9 Å². The molecule has 0 spiro atoms. The van der Waals surface area contributed by atoms with Crippen LogP contribution in [0.1, 0.15) is 39.2 Å². The van der Waals surface area contributed by atoms with E-state index in [0.717, 1.165) is 30.4 Å². The van der Waals surface area contributed by atoms with Gasteiger partial charge in [-0.3, -0.25) is 4.79 Å². The number of benzene rings is 2. The zero-order valence-electron chi connectivity index (χ0n) is 14.1. The van der Waals surface area contributed by atoms with Crippen molar-refractivity contribution in [2.24, 2.45) is 0 Å². The SMILES string of the molecule is Cc1cccc(C(=O)NC2CCc3[nH]c4ccc(C)cc4c3C2)c1. The predicted octanol–water partition coefficient (Wildman–Crippen LogP) is 4.07. The Hall–Kier alpha value is -2.55. The monoisotopic (exact) mass is 318 g/mol. The van der Waals surface area contributed by atoms with Crippen LogP contribution in [0.15, 0.2) is 42.5 Å². The van der Waals surface area contributed by atoms with Gasteiger partial charge in [0.25, 0.3) is 5.91 Å². The zero-order chi connectivity index (χ0) is 16.7. The molecule has 1 aliphatic rings. The van der Waals surface area contributed by atoms with E-state index in [1.165, 1.54) is 27.7 Å². The molecule has 0 bridgehead atoms. The molecule has 4 rings (SSSR count). The van der Waals surface area contributed by atoms with Crippen LogP contribution in [0.2, 0.25) is 0 Å². The molecule has 0 aliphatic heterocycles. The third-order valence-corrected chi connectivity index (χ3v) is 4.96. The van der Waals surface area contributed by atoms with E-state index in [2.05, 4.69) is 35.4 Å². The first kappa shape index (κ1) is 15.0. The summed E-state index contributed by atoms with van der Waals surface area (Å²) in [6.07, 6.45) is 2.87. The van der Waals surface area contributed by atoms with Gasteiger partial charge in [-0.1, -0.05) is 29.3 Å². The molecule has 0 saturated carbocycles. The molecule has 2 aromatic carbocycles. The fourth-order valence-electron chi connectivity index (χ4n) is 3.71. The summed E-state index contributed by atoms with van der Waals surface area (Å²) < 4.78 is 0. The summed E-state index contributed by atoms with van der Waals surface area (Å²) in [6, 6.07) is 14.5. The highest BCUT2D eigenvalue weighted by Crippen LogP contribution is 2.30. The fourth-order valence-corrected chi connectivity index (χ4v) is 3.71. The van der Waals surface area contributed by atoms with Crippen LogP contribution in [-0.2, 0) is 12.8 Å². The minimum Gasteiger partial charge on any atom is -0.358 e. The zero-order valence-corrected chi connectivity index (χ0v) is 14.1. The minimum atomic E-state index is 0.0307. The maximum absolute atomic E-state index is 12.5. The number of carbonyl (C=O) groups excluding carboxylic acids is 1. The first-order chi connectivity index (χ1) is 11.6. The molecule has 24 heavy (non-hydrogen) atoms. The van der Waals surface area contributed by atoms with Gasteiger partial charge < -0.3 is 10.3 Å². The lowest BCUT2D eigenvalue weighted by atomic mass is 9.91. The highest BCUT2D eigenvalue weighted by Gasteiger charge is 2.24. The van der Waals surface area contributed by atoms with Crippen molar-refractivity contribution in [1.82, 2.24) is 10.3 Å². The predicted molar refractivity (Wildman–Crippen MR) is 97.5 cm³/mol. The Balaban J connectivity index is 1.57. The number of nitrogens with one attached hydrogen (secondary N) is 2. The highest BCUT2D eigenvalue weighted by atomic mass is 16.1. The first-order valence-corrected chi connectivity index (χ1v) is 8.58. The van der Waals surface area contributed by atoms with E-state index in [9.17, 15) is 4.79 Å². The van der Waals surface area contributed by atoms with E-state index in [0.29, 0.717) is 0 Å². The topological polar surface area (TPSA) is 44.9 Å². The average molecular weight is 318 g/mol. The van der Waals surface area contributed by atoms with Gasteiger partial charge in [0.2, 0.25) is 0 Å². The van der Waals surface area contributed by atoms with Gasteiger partial charge in [0, 0.05) is 28.2 Å². The maximum Gasteiger partial charge on any atom is 0.251 e. The van der Waals surface area contributed by atoms with Crippen molar-refractivity contribution in [2.75, 3.05) is 0 Å². The number of hydrogen-bond acceptors (Lipinski definition) is 1. The number of hydrogen-bond donors (Lipinski definition) is 2. The van der Waals surface area contributed by atoms with Gasteiger partial charge >= 0.3 is 0 Å². The quantitative estimate of drug-likeness (QED) is 0.735. The van der Waals surface area contributed by atoms with Crippen LogP contribution in [0.5, 0.6) is 0 Å². The Kier molecular flexibility index (Phi) is 3.64. The molecule has 1 aromatic heterocycles. The van der Waals surface area contributed by atoms with Crippen molar-refractivity contribution in [3.8, 4) is 0 Å². The number of aryl methyl sites for hydroxylation is 3. The van der Waals surface area contributed by atoms with Crippen molar-refractivity contribution >= 4 is 16.8 Å². The maximum atomic E-state index is 12.5. The lowest BCUT2D eigenvalue weighted by Gasteiger charge is -2.23. The van der Waals surface area contributed by atoms with E-state index in [1.807, 2.05) is 31.2 Å². The number of H-pyrrole nitrogens is 1. The van der Waals surface area contributed by atoms with Gasteiger partial charge in [0.05, 0.1) is 0 Å². The number of amides is 1. The number of fused-ring (bicyclic) bond motifs is 3. The number of aromatic nitrogens is 1. The molecule has 1 aliphatic carbocycles. The second-order valence-corrected chi connectivity index (χ2v) is 6.91. The smallest absolute Gasteiger partial charge is 0.251 e. The van der Waals surface area contributed by atoms with Crippen molar-refractivity contribution in [3.63, 3.8) is 0 Å². The summed E-state index contributed by atoms with van der Waals surface area (Å²) in [6.45, 7) is 4.14. The molecule has 0 fully saturated rings. The summed E-state index contributed by atoms with van der Waals surface area (Å²) in [5.74, 6) is 0.0307. The minimum absolute atomic E-state index is 0.0307. The normalized spacial score (nSPS) is 16.8. The molecule has 3 nitrogen and oxygen atoms in total. The Labute approximate surface area is 142 Å². The van der Waals surface area contributed by atoms with Gasteiger partial charge in [-0.05, 0) is 62.9 Å². The highest BCUT2D eigenvalue weighted by molar-refractivity contribution is 5.94. The molecular weight excluding hydrogens is 296 g/mol. The van der Waals surface area contributed by atoms with Crippen molar-refractivity contribution < 1.29 is 4.79 Å². The number of aromatic amines is 1. The summed E-state index contributed by atoms with van der Waals surface area (Å²) in [5.41, 5.74) is 7.04. The van der Waals surface area contributed by atoms with Gasteiger partial charge in [0.15, 0.2) is 0 Å². The van der Waals surface area contributed by atoms with E-state index in [-0.39, 0.29) is 11.9 Å². The molecular formula is C21H22N2O. The molecule has 1 heterocycles. The molecule has 3 heteroatoms. The van der Waals surface area contributed by atoms with Gasteiger partial charge in [0.1, 0.15) is 0 Å². The molecule has 0 radical (unpaired) electrons. The Bertz CT molecular complexity index is 923. The molecule has 1 amide bonds. The third kappa shape index (κ3) is 2.71. The Morgan fingerprint density at radius 3 is 2.79 bits per heavy atom. The fraction of sp³-hybridized carbons (Fsp3) is 0.286. The summed E-state index contributed by atoms with van der Waals surface area (Å²) in [5, 5.41) is 4.52. The molecule has 3 aromatic rings. The molecule has 2 N–H and O–H groups in total. The lowest BCUT2D eigenvalue weighted by Crippen LogP contribution is -2.38. The van der Waals surface area contributed by atoms with Crippen LogP contribution < -0.4 is 5.32 Å². The van der Waals surface area contributed by atoms with Gasteiger partial charge in [-0.15, -0.1) is 0 Å². The largest absolute Gasteiger partial charge is 0.358 e. The molecule has 0 saturated heterocycles. The third-order valence-electron chi connectivity index (χ3n) is 4.96. The van der Waals surface area contributed by atoms with Crippen LogP contribution in [0.3, 0.4) is 0 Å². The molecule has 1 atom stereocenters. The van der Waals surface area contributed by atoms with E-state index in [4.69, 9.17) is 0 Å². The standard InChI is InChI=1S/C21H22N2O/c1-13-4-3-5-15(10-13)21(24)22-16-7-9-20-18(12-16)17-11-14(2)6-8-19(17)23-20/h3-6,8,10-11,16,23H,7,9,12H2,1-2H3,(H,22,24). The summed E-state index contributed by atoms with van der Waals surface area (Å²) in [4.78, 5) is 16.1. The van der Waals surface area contributed by atoms with Crippen LogP contribution in [0.4, 0.5) is 0 Å². The number of carbonyl (C=O) groups is 1. The van der Waals surface area contributed by atoms with E-state index < -0.39 is 0 Å². The second kappa shape index (κ2) is 5.82. The second-order valence-electron chi connectivity index (χ2n) is 6.91. The Morgan fingerprint density at radius 1 is 1.12 bits per heavy atom. The lowest BCUT2D eigenvalue weighted by molar-refractivity contribution is 0.0933. The van der Waals surface area contributed by atoms with E-state index >= 15 is 0 Å². The Morgan fingerprint density at radius 2 is 1.96 bits per heavy atom.